The maximum atomic E-state index is 11.3. The molecule has 0 bridgehead atoms. The molecule has 1 aliphatic heterocycles. The number of pyridine rings is 1. The summed E-state index contributed by atoms with van der Waals surface area (Å²) in [6.07, 6.45) is 11.0. The third-order valence-electron chi connectivity index (χ3n) is 6.70. The predicted molar refractivity (Wildman–Crippen MR) is 157 cm³/mol. The molecule has 5 nitrogen and oxygen atoms in total. The van der Waals surface area contributed by atoms with E-state index in [9.17, 15) is 13.0 Å². The van der Waals surface area contributed by atoms with Crippen molar-refractivity contribution in [2.24, 2.45) is 0 Å². The normalized spacial score (nSPS) is 15.3. The summed E-state index contributed by atoms with van der Waals surface area (Å²) in [5, 5.41) is 3.53. The van der Waals surface area contributed by atoms with Crippen LogP contribution in [0.5, 0.6) is 0 Å². The van der Waals surface area contributed by atoms with Crippen molar-refractivity contribution in [3.05, 3.63) is 107 Å². The molecule has 0 amide bonds. The molecule has 0 saturated carbocycles. The van der Waals surface area contributed by atoms with E-state index in [0.29, 0.717) is 13.0 Å². The second kappa shape index (κ2) is 11.3. The zero-order valence-electron chi connectivity index (χ0n) is 21.5. The molecule has 4 aromatic rings. The molecule has 7 heteroatoms. The van der Waals surface area contributed by atoms with E-state index < -0.39 is 10.1 Å². The first-order chi connectivity index (χ1) is 18.3. The number of aryl methyl sites for hydroxylation is 1. The first-order valence-corrected chi connectivity index (χ1v) is 16.0. The van der Waals surface area contributed by atoms with Gasteiger partial charge in [0.2, 0.25) is 0 Å². The van der Waals surface area contributed by atoms with Gasteiger partial charge in [-0.1, -0.05) is 0 Å². The van der Waals surface area contributed by atoms with Crippen LogP contribution in [0, 0.1) is 0 Å². The fourth-order valence-electron chi connectivity index (χ4n) is 4.83. The van der Waals surface area contributed by atoms with E-state index in [2.05, 4.69) is 108 Å². The van der Waals surface area contributed by atoms with Gasteiger partial charge in [-0.25, -0.2) is 0 Å². The number of aromatic nitrogens is 1. The number of allylic oxidation sites excluding steroid dienone is 4. The number of hydrogen-bond acceptors (Lipinski definition) is 4. The number of nitrogens with zero attached hydrogens (tertiary/aromatic N) is 2. The van der Waals surface area contributed by atoms with Crippen LogP contribution in [0.4, 0.5) is 5.69 Å². The number of benzene rings is 3. The van der Waals surface area contributed by atoms with E-state index >= 15 is 0 Å². The van der Waals surface area contributed by atoms with Gasteiger partial charge in [-0.2, -0.15) is 0 Å². The minimum absolute atomic E-state index is 0.0829. The fraction of sp³-hybridized carbons (Fsp3) is 0.194. The summed E-state index contributed by atoms with van der Waals surface area (Å²) in [4.78, 5) is 2.21. The van der Waals surface area contributed by atoms with Gasteiger partial charge in [0.05, 0.1) is 0 Å². The van der Waals surface area contributed by atoms with Crippen LogP contribution in [0.3, 0.4) is 0 Å². The van der Waals surface area contributed by atoms with Crippen LogP contribution in [0.1, 0.15) is 25.8 Å². The maximum absolute atomic E-state index is 11.3. The van der Waals surface area contributed by atoms with Crippen molar-refractivity contribution in [1.82, 2.24) is 0 Å². The topological polar surface area (TPSA) is 64.3 Å². The summed E-state index contributed by atoms with van der Waals surface area (Å²) in [5.41, 5.74) is 4.65. The van der Waals surface area contributed by atoms with Crippen molar-refractivity contribution in [3.8, 4) is 0 Å². The Bertz CT molecular complexity index is 1710. The molecule has 5 rings (SSSR count). The van der Waals surface area contributed by atoms with Gasteiger partial charge in [0.1, 0.15) is 0 Å². The molecular formula is C31H30N2O3SSe. The van der Waals surface area contributed by atoms with Crippen LogP contribution < -0.4 is 13.9 Å². The second-order valence-corrected chi connectivity index (χ2v) is 13.1. The van der Waals surface area contributed by atoms with E-state index in [4.69, 9.17) is 0 Å². The summed E-state index contributed by atoms with van der Waals surface area (Å²) in [5.74, 6) is -0.357. The second-order valence-electron chi connectivity index (χ2n) is 9.33. The SMILES string of the molecule is CC[n+]1ccc(\C=C/C(C)=C\C=C2/[Se]c3ccc4ccccc4c3N2CCCS(=O)(=O)[O-])c2ccccc21. The third-order valence-corrected chi connectivity index (χ3v) is 9.83. The average molecular weight is 590 g/mol. The predicted octanol–water partition coefficient (Wildman–Crippen LogP) is 4.89. The molecule has 0 N–H and O–H groups in total. The van der Waals surface area contributed by atoms with Gasteiger partial charge in [0.15, 0.2) is 0 Å². The molecule has 1 aliphatic rings. The third kappa shape index (κ3) is 5.76. The van der Waals surface area contributed by atoms with Gasteiger partial charge in [0.25, 0.3) is 0 Å². The fourth-order valence-corrected chi connectivity index (χ4v) is 7.63. The van der Waals surface area contributed by atoms with Gasteiger partial charge in [0, 0.05) is 0 Å². The summed E-state index contributed by atoms with van der Waals surface area (Å²) in [7, 11) is -4.25. The van der Waals surface area contributed by atoms with Crippen molar-refractivity contribution < 1.29 is 17.5 Å². The molecule has 2 heterocycles. The molecule has 0 fully saturated rings. The van der Waals surface area contributed by atoms with Crippen molar-refractivity contribution in [1.29, 1.82) is 0 Å². The van der Waals surface area contributed by atoms with Crippen LogP contribution >= 0.6 is 0 Å². The molecule has 0 unspecified atom stereocenters. The van der Waals surface area contributed by atoms with E-state index in [1.807, 2.05) is 12.1 Å². The van der Waals surface area contributed by atoms with Gasteiger partial charge in [-0.15, -0.1) is 0 Å². The monoisotopic (exact) mass is 590 g/mol. The Kier molecular flexibility index (Phi) is 7.82. The van der Waals surface area contributed by atoms with Gasteiger partial charge in [-0.05, 0) is 0 Å². The molecule has 3 aromatic carbocycles. The summed E-state index contributed by atoms with van der Waals surface area (Å²) < 4.78 is 38.5. The molecule has 0 saturated heterocycles. The summed E-state index contributed by atoms with van der Waals surface area (Å²) in [6.45, 7) is 5.65. The van der Waals surface area contributed by atoms with Gasteiger partial charge >= 0.3 is 231 Å². The zero-order chi connectivity index (χ0) is 26.7. The van der Waals surface area contributed by atoms with Crippen molar-refractivity contribution in [2.45, 2.75) is 26.8 Å². The van der Waals surface area contributed by atoms with E-state index in [1.54, 1.807) is 0 Å². The molecular weight excluding hydrogens is 559 g/mol. The van der Waals surface area contributed by atoms with Gasteiger partial charge < -0.3 is 0 Å². The summed E-state index contributed by atoms with van der Waals surface area (Å²) in [6, 6.07) is 23.2. The van der Waals surface area contributed by atoms with Crippen molar-refractivity contribution >= 4 is 63.0 Å². The first kappa shape index (κ1) is 26.4. The Morgan fingerprint density at radius 1 is 1.03 bits per heavy atom. The van der Waals surface area contributed by atoms with Crippen molar-refractivity contribution in [3.63, 3.8) is 0 Å². The minimum atomic E-state index is -4.25. The molecule has 0 aliphatic carbocycles. The Morgan fingerprint density at radius 2 is 1.79 bits per heavy atom. The van der Waals surface area contributed by atoms with Crippen LogP contribution in [0.2, 0.25) is 0 Å². The first-order valence-electron chi connectivity index (χ1n) is 12.7. The molecule has 1 aromatic heterocycles. The zero-order valence-corrected chi connectivity index (χ0v) is 24.0. The van der Waals surface area contributed by atoms with E-state index in [1.165, 1.54) is 20.9 Å². The number of fused-ring (bicyclic) bond motifs is 4. The Morgan fingerprint density at radius 3 is 2.58 bits per heavy atom. The molecule has 0 spiro atoms. The standard InChI is InChI=1S/C31H30N2O3SSe/c1-3-32-21-19-25(26-10-6-7-12-28(26)32)15-13-23(2)14-18-30-33(20-8-22-37(34,35)36)31-27-11-5-4-9-24(27)16-17-29(31)38-30/h4-7,9-19,21H,3,8,20,22H2,1-2H3. The number of rotatable bonds is 8. The molecule has 194 valence electrons. The Hall–Kier alpha value is -3.22. The molecule has 0 radical (unpaired) electrons. The Labute approximate surface area is 230 Å². The quantitative estimate of drug-likeness (QED) is 0.127. The molecule has 38 heavy (non-hydrogen) atoms. The van der Waals surface area contributed by atoms with Crippen LogP contribution in [0.15, 0.2) is 101 Å². The van der Waals surface area contributed by atoms with Crippen LogP contribution in [-0.4, -0.2) is 40.2 Å². The van der Waals surface area contributed by atoms with E-state index in [0.717, 1.165) is 33.2 Å². The number of hydrogen-bond donors (Lipinski definition) is 0. The van der Waals surface area contributed by atoms with Crippen molar-refractivity contribution in [2.75, 3.05) is 17.2 Å². The van der Waals surface area contributed by atoms with E-state index in [-0.39, 0.29) is 20.7 Å². The number of anilines is 1. The summed E-state index contributed by atoms with van der Waals surface area (Å²) >= 11 is 0.0829. The number of para-hydroxylation sites is 1. The van der Waals surface area contributed by atoms with Gasteiger partial charge in [-0.3, -0.25) is 0 Å². The Balaban J connectivity index is 1.44. The molecule has 0 atom stereocenters. The van der Waals surface area contributed by atoms with Crippen LogP contribution in [0.25, 0.3) is 27.8 Å². The van der Waals surface area contributed by atoms with Crippen LogP contribution in [-0.2, 0) is 16.7 Å². The average Bonchev–Trinajstić information content (AvgIpc) is 3.27.